The van der Waals surface area contributed by atoms with Crippen LogP contribution in [0, 0.1) is 23.2 Å². The van der Waals surface area contributed by atoms with Crippen LogP contribution in [0.15, 0.2) is 42.6 Å². The van der Waals surface area contributed by atoms with Gasteiger partial charge in [0.15, 0.2) is 0 Å². The van der Waals surface area contributed by atoms with Crippen LogP contribution >= 0.6 is 0 Å². The minimum Gasteiger partial charge on any atom is -0.369 e. The van der Waals surface area contributed by atoms with Crippen molar-refractivity contribution in [1.29, 1.82) is 0 Å². The molecule has 5 atom stereocenters. The number of benzene rings is 1. The highest BCUT2D eigenvalue weighted by molar-refractivity contribution is 5.98. The summed E-state index contributed by atoms with van der Waals surface area (Å²) < 4.78 is 37.8. The molecule has 5 fully saturated rings. The van der Waals surface area contributed by atoms with Crippen LogP contribution < -0.4 is 25.8 Å². The van der Waals surface area contributed by atoms with Crippen molar-refractivity contribution < 1.29 is 22.8 Å². The number of pyridine rings is 1. The number of para-hydroxylation sites is 2. The molecule has 3 heterocycles. The lowest BCUT2D eigenvalue weighted by molar-refractivity contribution is -0.145. The molecule has 4 bridgehead atoms. The van der Waals surface area contributed by atoms with Gasteiger partial charge in [0.25, 0.3) is 0 Å². The standard InChI is InChI=1S/C32H40F3N7O2/c33-32(34,35)7-8-39-9-11-40(12-10-39)24-5-6-27(37-20-24)41-13-14-42(26-4-2-1-3-25(26)41)30(44)38-28-22-15-21-16-23(28)19-31(17-21,18-22)29(36)43/h1-6,20-23,28H,7-19H2,(H2,36,43)(H,38,44)/t21?,22-,23+,28?,31?. The molecule has 1 saturated heterocycles. The number of carbonyl (C=O) groups is 2. The van der Waals surface area contributed by atoms with E-state index in [0.29, 0.717) is 57.0 Å². The van der Waals surface area contributed by atoms with E-state index in [4.69, 9.17) is 10.7 Å². The Balaban J connectivity index is 1.00. The van der Waals surface area contributed by atoms with Crippen molar-refractivity contribution >= 4 is 34.8 Å². The fraction of sp³-hybridized carbons (Fsp3) is 0.594. The van der Waals surface area contributed by atoms with Crippen LogP contribution in [0.5, 0.6) is 0 Å². The number of primary amides is 1. The number of hydrogen-bond donors (Lipinski definition) is 2. The number of rotatable bonds is 6. The Kier molecular flexibility index (Phi) is 7.37. The Bertz CT molecular complexity index is 1380. The first-order chi connectivity index (χ1) is 21.1. The van der Waals surface area contributed by atoms with Gasteiger partial charge in [0.2, 0.25) is 5.91 Å². The van der Waals surface area contributed by atoms with Crippen LogP contribution in [0.3, 0.4) is 0 Å². The molecular formula is C32H40F3N7O2. The number of piperazine rings is 1. The average Bonchev–Trinajstić information content (AvgIpc) is 3.01. The predicted octanol–water partition coefficient (Wildman–Crippen LogP) is 4.50. The van der Waals surface area contributed by atoms with E-state index in [1.807, 2.05) is 52.4 Å². The summed E-state index contributed by atoms with van der Waals surface area (Å²) in [5.74, 6) is 1.72. The predicted molar refractivity (Wildman–Crippen MR) is 162 cm³/mol. The number of aromatic nitrogens is 1. The zero-order valence-corrected chi connectivity index (χ0v) is 24.8. The van der Waals surface area contributed by atoms with E-state index >= 15 is 0 Å². The third kappa shape index (κ3) is 5.46. The van der Waals surface area contributed by atoms with E-state index in [-0.39, 0.29) is 29.9 Å². The number of halogens is 3. The van der Waals surface area contributed by atoms with Gasteiger partial charge in [-0.15, -0.1) is 0 Å². The third-order valence-corrected chi connectivity index (χ3v) is 10.8. The van der Waals surface area contributed by atoms with Crippen molar-refractivity contribution in [2.75, 3.05) is 60.5 Å². The number of urea groups is 1. The van der Waals surface area contributed by atoms with Gasteiger partial charge in [0.1, 0.15) is 5.82 Å². The van der Waals surface area contributed by atoms with Gasteiger partial charge in [-0.3, -0.25) is 14.6 Å². The number of nitrogens with zero attached hydrogens (tertiary/aromatic N) is 5. The van der Waals surface area contributed by atoms with Crippen LogP contribution in [-0.4, -0.2) is 79.9 Å². The maximum atomic E-state index is 13.8. The Hall–Kier alpha value is -3.54. The number of alkyl halides is 3. The van der Waals surface area contributed by atoms with Gasteiger partial charge in [-0.2, -0.15) is 13.2 Å². The van der Waals surface area contributed by atoms with Crippen molar-refractivity contribution in [2.24, 2.45) is 28.9 Å². The van der Waals surface area contributed by atoms with Crippen molar-refractivity contribution in [3.8, 4) is 0 Å². The molecule has 0 spiro atoms. The molecule has 3 amide bonds. The zero-order chi connectivity index (χ0) is 30.6. The molecular weight excluding hydrogens is 571 g/mol. The Morgan fingerprint density at radius 1 is 0.932 bits per heavy atom. The molecule has 12 heteroatoms. The van der Waals surface area contributed by atoms with Crippen molar-refractivity contribution in [2.45, 2.75) is 50.7 Å². The molecule has 3 unspecified atom stereocenters. The number of anilines is 4. The largest absolute Gasteiger partial charge is 0.390 e. The van der Waals surface area contributed by atoms with Crippen LogP contribution in [0.25, 0.3) is 0 Å². The van der Waals surface area contributed by atoms with E-state index < -0.39 is 12.6 Å². The van der Waals surface area contributed by atoms with E-state index in [9.17, 15) is 22.8 Å². The first-order valence-electron chi connectivity index (χ1n) is 15.8. The summed E-state index contributed by atoms with van der Waals surface area (Å²) in [6.45, 7) is 3.61. The monoisotopic (exact) mass is 611 g/mol. The molecule has 44 heavy (non-hydrogen) atoms. The molecule has 8 rings (SSSR count). The normalized spacial score (nSPS) is 29.9. The summed E-state index contributed by atoms with van der Waals surface area (Å²) in [6.07, 6.45) is 1.48. The van der Waals surface area contributed by atoms with Gasteiger partial charge < -0.3 is 20.9 Å². The number of nitrogens with one attached hydrogen (secondary N) is 1. The number of amides is 3. The lowest BCUT2D eigenvalue weighted by atomic mass is 9.47. The van der Waals surface area contributed by atoms with Crippen molar-refractivity contribution in [1.82, 2.24) is 15.2 Å². The highest BCUT2D eigenvalue weighted by atomic mass is 19.4. The smallest absolute Gasteiger partial charge is 0.369 e. The fourth-order valence-corrected chi connectivity index (χ4v) is 8.83. The second kappa shape index (κ2) is 11.1. The van der Waals surface area contributed by atoms with Gasteiger partial charge in [-0.1, -0.05) is 12.1 Å². The molecule has 9 nitrogen and oxygen atoms in total. The van der Waals surface area contributed by atoms with Crippen LogP contribution in [0.1, 0.15) is 38.5 Å². The van der Waals surface area contributed by atoms with E-state index in [1.165, 1.54) is 0 Å². The minimum atomic E-state index is -4.13. The molecule has 0 radical (unpaired) electrons. The maximum Gasteiger partial charge on any atom is 0.390 e. The molecule has 6 aliphatic rings. The molecule has 4 aliphatic carbocycles. The summed E-state index contributed by atoms with van der Waals surface area (Å²) in [6, 6.07) is 11.8. The SMILES string of the molecule is NC(=O)C12CC3C[C@H](C1)C(NC(=O)N1CCN(c4ccc(N5CCN(CCC(F)(F)F)CC5)cn4)c4ccccc41)[C@@H](C3)C2. The molecule has 236 valence electrons. The Morgan fingerprint density at radius 3 is 2.27 bits per heavy atom. The van der Waals surface area contributed by atoms with E-state index in [2.05, 4.69) is 15.1 Å². The highest BCUT2D eigenvalue weighted by Gasteiger charge is 2.58. The second-order valence-corrected chi connectivity index (χ2v) is 13.5. The third-order valence-electron chi connectivity index (χ3n) is 10.8. The molecule has 2 aromatic rings. The number of nitrogens with two attached hydrogens (primary N) is 1. The highest BCUT2D eigenvalue weighted by Crippen LogP contribution is 2.60. The number of hydrogen-bond acceptors (Lipinski definition) is 6. The summed E-state index contributed by atoms with van der Waals surface area (Å²) in [5.41, 5.74) is 8.16. The van der Waals surface area contributed by atoms with Gasteiger partial charge in [0, 0.05) is 57.3 Å². The average molecular weight is 612 g/mol. The Labute approximate surface area is 255 Å². The van der Waals surface area contributed by atoms with E-state index in [0.717, 1.165) is 55.0 Å². The number of fused-ring (bicyclic) bond motifs is 1. The summed E-state index contributed by atoms with van der Waals surface area (Å²) >= 11 is 0. The first kappa shape index (κ1) is 29.2. The molecule has 4 saturated carbocycles. The topological polar surface area (TPSA) is 98.0 Å². The van der Waals surface area contributed by atoms with Crippen LogP contribution in [-0.2, 0) is 4.79 Å². The first-order valence-corrected chi connectivity index (χ1v) is 15.8. The van der Waals surface area contributed by atoms with Gasteiger partial charge in [-0.05, 0) is 74.1 Å². The zero-order valence-electron chi connectivity index (χ0n) is 24.8. The summed E-state index contributed by atoms with van der Waals surface area (Å²) in [7, 11) is 0. The fourth-order valence-electron chi connectivity index (χ4n) is 8.83. The van der Waals surface area contributed by atoms with Gasteiger partial charge in [-0.25, -0.2) is 9.78 Å². The summed E-state index contributed by atoms with van der Waals surface area (Å²) in [4.78, 5) is 38.9. The maximum absolute atomic E-state index is 13.8. The molecule has 1 aromatic heterocycles. The van der Waals surface area contributed by atoms with Crippen molar-refractivity contribution in [3.63, 3.8) is 0 Å². The lowest BCUT2D eigenvalue weighted by Crippen LogP contribution is -2.63. The quantitative estimate of drug-likeness (QED) is 0.499. The molecule has 1 aromatic carbocycles. The van der Waals surface area contributed by atoms with Gasteiger partial charge >= 0.3 is 12.2 Å². The van der Waals surface area contributed by atoms with Crippen molar-refractivity contribution in [3.05, 3.63) is 42.6 Å². The number of carbonyl (C=O) groups excluding carboxylic acids is 2. The molecule has 2 aliphatic heterocycles. The van der Waals surface area contributed by atoms with E-state index in [1.54, 1.807) is 0 Å². The Morgan fingerprint density at radius 2 is 1.64 bits per heavy atom. The van der Waals surface area contributed by atoms with Crippen LogP contribution in [0.2, 0.25) is 0 Å². The summed E-state index contributed by atoms with van der Waals surface area (Å²) in [5, 5.41) is 3.38. The van der Waals surface area contributed by atoms with Crippen LogP contribution in [0.4, 0.5) is 40.8 Å². The lowest BCUT2D eigenvalue weighted by Gasteiger charge is -2.59. The second-order valence-electron chi connectivity index (χ2n) is 13.5. The molecule has 3 N–H and O–H groups in total. The van der Waals surface area contributed by atoms with Gasteiger partial charge in [0.05, 0.1) is 29.7 Å². The minimum absolute atomic E-state index is 0.0379.